The standard InChI is InChI=1S/C11H19NO2/c1-2-14-11-7-12(8-11)9-4-3-5-10(13)6-9/h9,11H,2-8H2,1H3. The minimum absolute atomic E-state index is 0.428. The third-order valence-electron chi connectivity index (χ3n) is 3.25. The number of ether oxygens (including phenoxy) is 1. The highest BCUT2D eigenvalue weighted by atomic mass is 16.5. The molecule has 1 saturated heterocycles. The molecule has 3 heteroatoms. The largest absolute Gasteiger partial charge is 0.376 e. The van der Waals surface area contributed by atoms with Crippen LogP contribution in [0, 0.1) is 0 Å². The average Bonchev–Trinajstić information content (AvgIpc) is 2.10. The van der Waals surface area contributed by atoms with Crippen LogP contribution in [-0.4, -0.2) is 42.5 Å². The van der Waals surface area contributed by atoms with E-state index in [-0.39, 0.29) is 0 Å². The maximum absolute atomic E-state index is 11.3. The molecular weight excluding hydrogens is 178 g/mol. The SMILES string of the molecule is CCOC1CN(C2CCCC(=O)C2)C1. The Labute approximate surface area is 85.4 Å². The topological polar surface area (TPSA) is 29.5 Å². The highest BCUT2D eigenvalue weighted by Gasteiger charge is 2.34. The van der Waals surface area contributed by atoms with Gasteiger partial charge in [0.2, 0.25) is 0 Å². The molecule has 0 radical (unpaired) electrons. The van der Waals surface area contributed by atoms with Crippen LogP contribution in [0.1, 0.15) is 32.6 Å². The molecule has 0 N–H and O–H groups in total. The van der Waals surface area contributed by atoms with Crippen molar-refractivity contribution < 1.29 is 9.53 Å². The predicted molar refractivity (Wildman–Crippen MR) is 54.3 cm³/mol. The molecule has 2 fully saturated rings. The van der Waals surface area contributed by atoms with Crippen LogP contribution in [0.25, 0.3) is 0 Å². The third-order valence-corrected chi connectivity index (χ3v) is 3.25. The van der Waals surface area contributed by atoms with E-state index in [9.17, 15) is 4.79 Å². The molecule has 0 spiro atoms. The summed E-state index contributed by atoms with van der Waals surface area (Å²) in [7, 11) is 0. The highest BCUT2D eigenvalue weighted by Crippen LogP contribution is 2.25. The summed E-state index contributed by atoms with van der Waals surface area (Å²) in [5.74, 6) is 0.445. The molecule has 14 heavy (non-hydrogen) atoms. The van der Waals surface area contributed by atoms with E-state index in [1.165, 1.54) is 6.42 Å². The molecule has 2 aliphatic rings. The van der Waals surface area contributed by atoms with Crippen molar-refractivity contribution in [2.75, 3.05) is 19.7 Å². The lowest BCUT2D eigenvalue weighted by atomic mass is 9.91. The summed E-state index contributed by atoms with van der Waals surface area (Å²) in [5, 5.41) is 0. The normalized spacial score (nSPS) is 30.4. The second-order valence-corrected chi connectivity index (χ2v) is 4.32. The Hall–Kier alpha value is -0.410. The molecule has 1 aliphatic carbocycles. The van der Waals surface area contributed by atoms with Crippen molar-refractivity contribution in [1.29, 1.82) is 0 Å². The van der Waals surface area contributed by atoms with Gasteiger partial charge in [-0.05, 0) is 19.8 Å². The van der Waals surface area contributed by atoms with Gasteiger partial charge < -0.3 is 4.74 Å². The Morgan fingerprint density at radius 2 is 2.29 bits per heavy atom. The molecule has 1 unspecified atom stereocenters. The maximum Gasteiger partial charge on any atom is 0.134 e. The highest BCUT2D eigenvalue weighted by molar-refractivity contribution is 5.79. The molecule has 3 nitrogen and oxygen atoms in total. The summed E-state index contributed by atoms with van der Waals surface area (Å²) in [5.41, 5.74) is 0. The molecule has 0 aromatic heterocycles. The van der Waals surface area contributed by atoms with Gasteiger partial charge in [-0.15, -0.1) is 0 Å². The smallest absolute Gasteiger partial charge is 0.134 e. The lowest BCUT2D eigenvalue weighted by molar-refractivity contribution is -0.125. The summed E-state index contributed by atoms with van der Waals surface area (Å²) in [6.07, 6.45) is 4.29. The summed E-state index contributed by atoms with van der Waals surface area (Å²) in [6.45, 7) is 4.91. The first-order chi connectivity index (χ1) is 6.79. The predicted octanol–water partition coefficient (Wildman–Crippen LogP) is 1.22. The molecule has 2 rings (SSSR count). The molecule has 0 bridgehead atoms. The number of carbonyl (C=O) groups is 1. The van der Waals surface area contributed by atoms with Crippen molar-refractivity contribution in [2.45, 2.75) is 44.8 Å². The number of ketones is 1. The summed E-state index contributed by atoms with van der Waals surface area (Å²) in [6, 6.07) is 0.521. The molecule has 1 saturated carbocycles. The number of carbonyl (C=O) groups excluding carboxylic acids is 1. The van der Waals surface area contributed by atoms with E-state index in [1.807, 2.05) is 6.92 Å². The van der Waals surface area contributed by atoms with Gasteiger partial charge in [0.05, 0.1) is 6.10 Å². The van der Waals surface area contributed by atoms with E-state index in [1.54, 1.807) is 0 Å². The summed E-state index contributed by atoms with van der Waals surface area (Å²) < 4.78 is 5.50. The Balaban J connectivity index is 1.73. The average molecular weight is 197 g/mol. The lowest BCUT2D eigenvalue weighted by Gasteiger charge is -2.44. The van der Waals surface area contributed by atoms with Crippen molar-refractivity contribution in [3.8, 4) is 0 Å². The van der Waals surface area contributed by atoms with Gasteiger partial charge in [-0.3, -0.25) is 9.69 Å². The molecule has 1 aliphatic heterocycles. The molecule has 0 aromatic rings. The third kappa shape index (κ3) is 2.15. The van der Waals surface area contributed by atoms with E-state index < -0.39 is 0 Å². The Morgan fingerprint density at radius 3 is 2.93 bits per heavy atom. The van der Waals surface area contributed by atoms with E-state index >= 15 is 0 Å². The Kier molecular flexibility index (Phi) is 3.19. The van der Waals surface area contributed by atoms with E-state index in [0.29, 0.717) is 17.9 Å². The van der Waals surface area contributed by atoms with Crippen LogP contribution >= 0.6 is 0 Å². The van der Waals surface area contributed by atoms with Gasteiger partial charge in [0.25, 0.3) is 0 Å². The van der Waals surface area contributed by atoms with Crippen LogP contribution < -0.4 is 0 Å². The number of hydrogen-bond acceptors (Lipinski definition) is 3. The quantitative estimate of drug-likeness (QED) is 0.681. The second kappa shape index (κ2) is 4.41. The minimum atomic E-state index is 0.428. The van der Waals surface area contributed by atoms with Crippen LogP contribution in [-0.2, 0) is 9.53 Å². The van der Waals surface area contributed by atoms with Crippen LogP contribution in [0.5, 0.6) is 0 Å². The number of nitrogens with zero attached hydrogens (tertiary/aromatic N) is 1. The van der Waals surface area contributed by atoms with Gasteiger partial charge in [0, 0.05) is 38.6 Å². The first kappa shape index (κ1) is 10.1. The van der Waals surface area contributed by atoms with Gasteiger partial charge in [0.15, 0.2) is 0 Å². The monoisotopic (exact) mass is 197 g/mol. The number of rotatable bonds is 3. The molecule has 0 amide bonds. The fourth-order valence-electron chi connectivity index (χ4n) is 2.42. The fraction of sp³-hybridized carbons (Fsp3) is 0.909. The molecule has 0 aromatic carbocycles. The van der Waals surface area contributed by atoms with Crippen LogP contribution in [0.3, 0.4) is 0 Å². The zero-order chi connectivity index (χ0) is 9.97. The zero-order valence-corrected chi connectivity index (χ0v) is 8.87. The van der Waals surface area contributed by atoms with Crippen molar-refractivity contribution in [3.63, 3.8) is 0 Å². The summed E-state index contributed by atoms with van der Waals surface area (Å²) >= 11 is 0. The van der Waals surface area contributed by atoms with Crippen molar-refractivity contribution >= 4 is 5.78 Å². The van der Waals surface area contributed by atoms with Gasteiger partial charge in [-0.25, -0.2) is 0 Å². The first-order valence-corrected chi connectivity index (χ1v) is 5.67. The number of hydrogen-bond donors (Lipinski definition) is 0. The minimum Gasteiger partial charge on any atom is -0.376 e. The van der Waals surface area contributed by atoms with E-state index in [0.717, 1.165) is 39.0 Å². The van der Waals surface area contributed by atoms with Gasteiger partial charge >= 0.3 is 0 Å². The van der Waals surface area contributed by atoms with Gasteiger partial charge in [-0.2, -0.15) is 0 Å². The molecule has 1 atom stereocenters. The molecular formula is C11H19NO2. The van der Waals surface area contributed by atoms with Crippen molar-refractivity contribution in [3.05, 3.63) is 0 Å². The van der Waals surface area contributed by atoms with Gasteiger partial charge in [-0.1, -0.05) is 0 Å². The van der Waals surface area contributed by atoms with Crippen LogP contribution in [0.15, 0.2) is 0 Å². The number of likely N-dealkylation sites (tertiary alicyclic amines) is 1. The van der Waals surface area contributed by atoms with Gasteiger partial charge in [0.1, 0.15) is 5.78 Å². The van der Waals surface area contributed by atoms with Crippen molar-refractivity contribution in [2.24, 2.45) is 0 Å². The molecule has 1 heterocycles. The van der Waals surface area contributed by atoms with E-state index in [4.69, 9.17) is 4.74 Å². The lowest BCUT2D eigenvalue weighted by Crippen LogP contribution is -2.57. The summed E-state index contributed by atoms with van der Waals surface area (Å²) in [4.78, 5) is 13.7. The van der Waals surface area contributed by atoms with Crippen LogP contribution in [0.4, 0.5) is 0 Å². The number of Topliss-reactive ketones (excluding diaryl/α,β-unsaturated/α-hetero) is 1. The second-order valence-electron chi connectivity index (χ2n) is 4.32. The Bertz CT molecular complexity index is 211. The maximum atomic E-state index is 11.3. The Morgan fingerprint density at radius 1 is 1.50 bits per heavy atom. The van der Waals surface area contributed by atoms with E-state index in [2.05, 4.69) is 4.90 Å². The first-order valence-electron chi connectivity index (χ1n) is 5.67. The zero-order valence-electron chi connectivity index (χ0n) is 8.87. The molecule has 80 valence electrons. The van der Waals surface area contributed by atoms with Crippen LogP contribution in [0.2, 0.25) is 0 Å². The van der Waals surface area contributed by atoms with Crippen molar-refractivity contribution in [1.82, 2.24) is 4.90 Å². The fourth-order valence-corrected chi connectivity index (χ4v) is 2.42.